The number of ether oxygens (including phenoxy) is 1. The van der Waals surface area contributed by atoms with Crippen LogP contribution in [0.3, 0.4) is 0 Å². The average molecular weight is 602 g/mol. The molecule has 5 heteroatoms. The minimum absolute atomic E-state index is 0.270. The highest BCUT2D eigenvalue weighted by Crippen LogP contribution is 2.45. The molecule has 0 aliphatic heterocycles. The van der Waals surface area contributed by atoms with Crippen LogP contribution in [-0.4, -0.2) is 32.5 Å². The summed E-state index contributed by atoms with van der Waals surface area (Å²) in [7, 11) is 0. The first-order valence-corrected chi connectivity index (χ1v) is 13.3. The zero-order valence-corrected chi connectivity index (χ0v) is 20.7. The Morgan fingerprint density at radius 1 is 0.640 bits per heavy atom. The Balaban J connectivity index is 2.39. The second kappa shape index (κ2) is 11.0. The molecule has 0 aromatic rings. The van der Waals surface area contributed by atoms with Crippen molar-refractivity contribution in [3.05, 3.63) is 48.6 Å². The Hall–Kier alpha value is 0.840. The number of rotatable bonds is 10. The van der Waals surface area contributed by atoms with Crippen molar-refractivity contribution in [1.82, 2.24) is 0 Å². The van der Waals surface area contributed by atoms with Gasteiger partial charge in [-0.05, 0) is 25.7 Å². The minimum Gasteiger partial charge on any atom is -0.359 e. The van der Waals surface area contributed by atoms with Crippen LogP contribution < -0.4 is 0 Å². The fourth-order valence-corrected chi connectivity index (χ4v) is 6.06. The van der Waals surface area contributed by atoms with Gasteiger partial charge in [0.2, 0.25) is 0 Å². The van der Waals surface area contributed by atoms with E-state index in [-0.39, 0.29) is 11.2 Å². The van der Waals surface area contributed by atoms with E-state index in [2.05, 4.69) is 112 Å². The predicted molar refractivity (Wildman–Crippen MR) is 124 cm³/mol. The lowest BCUT2D eigenvalue weighted by Crippen LogP contribution is -2.51. The topological polar surface area (TPSA) is 9.23 Å². The molecule has 0 aromatic heterocycles. The molecule has 2 aliphatic rings. The van der Waals surface area contributed by atoms with Crippen molar-refractivity contribution in [2.45, 2.75) is 36.9 Å². The molecule has 0 fully saturated rings. The van der Waals surface area contributed by atoms with E-state index in [0.29, 0.717) is 11.8 Å². The molecule has 0 bridgehead atoms. The predicted octanol–water partition coefficient (Wildman–Crippen LogP) is 7.11. The fourth-order valence-electron chi connectivity index (χ4n) is 3.83. The van der Waals surface area contributed by atoms with E-state index in [0.717, 1.165) is 47.0 Å². The SMILES string of the molecule is BrCCC1C=CC=CC1(CCBr)OC1(CCBr)C=CC=CC1CCBr. The van der Waals surface area contributed by atoms with E-state index in [1.807, 2.05) is 0 Å². The van der Waals surface area contributed by atoms with Crippen LogP contribution in [0.1, 0.15) is 25.7 Å². The van der Waals surface area contributed by atoms with Gasteiger partial charge in [-0.2, -0.15) is 0 Å². The molecule has 0 radical (unpaired) electrons. The molecule has 0 aromatic carbocycles. The standard InChI is InChI=1S/C20H26Br4O/c21-13-7-17-5-1-3-9-19(17,11-15-23)25-20(12-16-24)10-4-2-6-18(20)8-14-22/h1-6,9-10,17-18H,7-8,11-16H2. The van der Waals surface area contributed by atoms with Crippen molar-refractivity contribution in [2.24, 2.45) is 11.8 Å². The Morgan fingerprint density at radius 2 is 1.08 bits per heavy atom. The number of hydrogen-bond acceptors (Lipinski definition) is 1. The number of hydrogen-bond donors (Lipinski definition) is 0. The van der Waals surface area contributed by atoms with E-state index in [4.69, 9.17) is 4.74 Å². The summed E-state index contributed by atoms with van der Waals surface area (Å²) >= 11 is 14.6. The number of halogens is 4. The Morgan fingerprint density at radius 3 is 1.44 bits per heavy atom. The Kier molecular flexibility index (Phi) is 9.73. The maximum absolute atomic E-state index is 7.14. The summed E-state index contributed by atoms with van der Waals surface area (Å²) in [6.45, 7) is 0. The van der Waals surface area contributed by atoms with Gasteiger partial charge in [0.25, 0.3) is 0 Å². The van der Waals surface area contributed by atoms with E-state index >= 15 is 0 Å². The second-order valence-electron chi connectivity index (χ2n) is 6.55. The van der Waals surface area contributed by atoms with Crippen molar-refractivity contribution in [3.63, 3.8) is 0 Å². The molecule has 0 amide bonds. The summed E-state index contributed by atoms with van der Waals surface area (Å²) in [5, 5.41) is 3.82. The van der Waals surface area contributed by atoms with Gasteiger partial charge in [0.15, 0.2) is 0 Å². The van der Waals surface area contributed by atoms with Crippen LogP contribution >= 0.6 is 63.7 Å². The summed E-state index contributed by atoms with van der Waals surface area (Å²) in [6, 6.07) is 0. The third-order valence-corrected chi connectivity index (χ3v) is 6.82. The molecular weight excluding hydrogens is 576 g/mol. The smallest absolute Gasteiger partial charge is 0.0948 e. The van der Waals surface area contributed by atoms with Crippen LogP contribution in [0.15, 0.2) is 48.6 Å². The highest BCUT2D eigenvalue weighted by atomic mass is 79.9. The first-order valence-electron chi connectivity index (χ1n) is 8.82. The summed E-state index contributed by atoms with van der Waals surface area (Å²) < 4.78 is 7.14. The highest BCUT2D eigenvalue weighted by Gasteiger charge is 2.46. The maximum atomic E-state index is 7.14. The molecule has 25 heavy (non-hydrogen) atoms. The van der Waals surface area contributed by atoms with Gasteiger partial charge < -0.3 is 4.74 Å². The van der Waals surface area contributed by atoms with Crippen LogP contribution in [0.2, 0.25) is 0 Å². The monoisotopic (exact) mass is 598 g/mol. The average Bonchev–Trinajstić information content (AvgIpc) is 2.60. The van der Waals surface area contributed by atoms with E-state index in [1.165, 1.54) is 0 Å². The molecule has 0 saturated heterocycles. The van der Waals surface area contributed by atoms with Gasteiger partial charge in [-0.1, -0.05) is 112 Å². The molecule has 2 aliphatic carbocycles. The van der Waals surface area contributed by atoms with Gasteiger partial charge in [-0.15, -0.1) is 0 Å². The van der Waals surface area contributed by atoms with E-state index in [9.17, 15) is 0 Å². The summed E-state index contributed by atoms with van der Waals surface area (Å²) in [5.74, 6) is 0.760. The molecule has 1 nitrogen and oxygen atoms in total. The molecule has 140 valence electrons. The molecular formula is C20H26Br4O. The molecule has 2 rings (SSSR count). The van der Waals surface area contributed by atoms with E-state index in [1.54, 1.807) is 0 Å². The van der Waals surface area contributed by atoms with Crippen molar-refractivity contribution < 1.29 is 4.74 Å². The number of allylic oxidation sites excluding steroid dienone is 4. The molecule has 0 saturated carbocycles. The largest absolute Gasteiger partial charge is 0.359 e. The minimum atomic E-state index is -0.270. The third-order valence-electron chi connectivity index (χ3n) is 5.11. The molecule has 0 spiro atoms. The summed E-state index contributed by atoms with van der Waals surface area (Å²) in [5.41, 5.74) is -0.539. The van der Waals surface area contributed by atoms with Gasteiger partial charge in [0.1, 0.15) is 0 Å². The fraction of sp³-hybridized carbons (Fsp3) is 0.600. The first-order chi connectivity index (χ1) is 12.2. The van der Waals surface area contributed by atoms with Crippen molar-refractivity contribution in [2.75, 3.05) is 21.3 Å². The van der Waals surface area contributed by atoms with Gasteiger partial charge in [0.05, 0.1) is 11.2 Å². The van der Waals surface area contributed by atoms with Gasteiger partial charge in [0, 0.05) is 33.2 Å². The third kappa shape index (κ3) is 5.43. The van der Waals surface area contributed by atoms with Gasteiger partial charge >= 0.3 is 0 Å². The van der Waals surface area contributed by atoms with Gasteiger partial charge in [-0.3, -0.25) is 0 Å². The number of alkyl halides is 4. The quantitative estimate of drug-likeness (QED) is 0.243. The van der Waals surface area contributed by atoms with Gasteiger partial charge in [-0.25, -0.2) is 0 Å². The zero-order valence-electron chi connectivity index (χ0n) is 14.4. The summed E-state index contributed by atoms with van der Waals surface area (Å²) in [4.78, 5) is 0. The molecule has 0 N–H and O–H groups in total. The lowest BCUT2D eigenvalue weighted by Gasteiger charge is -2.49. The van der Waals surface area contributed by atoms with Crippen LogP contribution in [-0.2, 0) is 4.74 Å². The van der Waals surface area contributed by atoms with Crippen LogP contribution in [0.25, 0.3) is 0 Å². The lowest BCUT2D eigenvalue weighted by atomic mass is 9.75. The zero-order chi connectivity index (χ0) is 18.2. The maximum Gasteiger partial charge on any atom is 0.0948 e. The Bertz CT molecular complexity index is 482. The van der Waals surface area contributed by atoms with Crippen molar-refractivity contribution >= 4 is 63.7 Å². The molecule has 4 unspecified atom stereocenters. The normalized spacial score (nSPS) is 33.9. The molecule has 0 heterocycles. The van der Waals surface area contributed by atoms with Crippen molar-refractivity contribution in [1.29, 1.82) is 0 Å². The lowest BCUT2D eigenvalue weighted by molar-refractivity contribution is -0.148. The molecule has 4 atom stereocenters. The van der Waals surface area contributed by atoms with Crippen LogP contribution in [0.4, 0.5) is 0 Å². The van der Waals surface area contributed by atoms with Crippen LogP contribution in [0.5, 0.6) is 0 Å². The second-order valence-corrected chi connectivity index (χ2v) is 9.72. The highest BCUT2D eigenvalue weighted by molar-refractivity contribution is 9.09. The van der Waals surface area contributed by atoms with Crippen LogP contribution in [0, 0.1) is 11.8 Å². The van der Waals surface area contributed by atoms with E-state index < -0.39 is 0 Å². The van der Waals surface area contributed by atoms with Crippen molar-refractivity contribution in [3.8, 4) is 0 Å². The summed E-state index contributed by atoms with van der Waals surface area (Å²) in [6.07, 6.45) is 21.9. The Labute approximate surface area is 185 Å². The first kappa shape index (κ1) is 22.1.